The molecule has 3 nitrogen and oxygen atoms in total. The third-order valence-corrected chi connectivity index (χ3v) is 4.78. The van der Waals surface area contributed by atoms with Crippen molar-refractivity contribution in [1.29, 1.82) is 0 Å². The maximum absolute atomic E-state index is 5.91. The van der Waals surface area contributed by atoms with E-state index in [0.717, 1.165) is 0 Å². The number of hydrogen-bond donors (Lipinski definition) is 2. The average molecular weight is 239 g/mol. The van der Waals surface area contributed by atoms with Gasteiger partial charge in [0.15, 0.2) is 0 Å². The molecule has 1 heterocycles. The van der Waals surface area contributed by atoms with E-state index in [-0.39, 0.29) is 5.41 Å². The molecule has 1 saturated heterocycles. The van der Waals surface area contributed by atoms with Gasteiger partial charge in [-0.15, -0.1) is 0 Å². The summed E-state index contributed by atoms with van der Waals surface area (Å²) in [7, 11) is 0. The van der Waals surface area contributed by atoms with Crippen molar-refractivity contribution >= 4 is 0 Å². The lowest BCUT2D eigenvalue weighted by Gasteiger charge is -2.50. The molecular weight excluding hydrogens is 210 g/mol. The molecule has 2 aliphatic rings. The highest BCUT2D eigenvalue weighted by atomic mass is 15.3. The van der Waals surface area contributed by atoms with E-state index in [0.29, 0.717) is 11.6 Å². The van der Waals surface area contributed by atoms with E-state index in [1.807, 2.05) is 0 Å². The van der Waals surface area contributed by atoms with Gasteiger partial charge in [-0.1, -0.05) is 33.6 Å². The molecule has 3 heteroatoms. The number of nitrogens with zero attached hydrogens (tertiary/aromatic N) is 1. The van der Waals surface area contributed by atoms with Crippen LogP contribution < -0.4 is 11.3 Å². The Morgan fingerprint density at radius 3 is 2.00 bits per heavy atom. The molecule has 0 aromatic rings. The van der Waals surface area contributed by atoms with Gasteiger partial charge in [0.25, 0.3) is 0 Å². The van der Waals surface area contributed by atoms with Crippen LogP contribution in [0.15, 0.2) is 0 Å². The van der Waals surface area contributed by atoms with Crippen LogP contribution in [-0.2, 0) is 0 Å². The molecule has 3 N–H and O–H groups in total. The highest BCUT2D eigenvalue weighted by Gasteiger charge is 2.50. The summed E-state index contributed by atoms with van der Waals surface area (Å²) in [5.41, 5.74) is 3.71. The van der Waals surface area contributed by atoms with Crippen LogP contribution in [0.3, 0.4) is 0 Å². The number of nitrogens with two attached hydrogens (primary N) is 1. The van der Waals surface area contributed by atoms with E-state index in [1.54, 1.807) is 0 Å². The van der Waals surface area contributed by atoms with Crippen molar-refractivity contribution in [3.05, 3.63) is 0 Å². The predicted octanol–water partition coefficient (Wildman–Crippen LogP) is 2.27. The van der Waals surface area contributed by atoms with Crippen LogP contribution >= 0.6 is 0 Å². The third-order valence-electron chi connectivity index (χ3n) is 4.78. The molecule has 1 aliphatic heterocycles. The van der Waals surface area contributed by atoms with E-state index in [1.165, 1.54) is 51.6 Å². The molecule has 2 rings (SSSR count). The van der Waals surface area contributed by atoms with Crippen LogP contribution in [-0.4, -0.2) is 29.6 Å². The van der Waals surface area contributed by atoms with E-state index >= 15 is 0 Å². The maximum atomic E-state index is 5.91. The zero-order valence-corrected chi connectivity index (χ0v) is 11.8. The topological polar surface area (TPSA) is 41.3 Å². The van der Waals surface area contributed by atoms with Crippen molar-refractivity contribution in [2.24, 2.45) is 11.3 Å². The molecule has 17 heavy (non-hydrogen) atoms. The second-order valence-electron chi connectivity index (χ2n) is 6.97. The number of nitrogens with one attached hydrogen (secondary N) is 1. The van der Waals surface area contributed by atoms with Gasteiger partial charge in [-0.3, -0.25) is 16.2 Å². The maximum Gasteiger partial charge on any atom is 0.0443 e. The highest BCUT2D eigenvalue weighted by molar-refractivity contribution is 5.07. The molecular formula is C14H29N3. The lowest BCUT2D eigenvalue weighted by molar-refractivity contribution is 0.0284. The Balaban J connectivity index is 2.25. The van der Waals surface area contributed by atoms with Crippen LogP contribution in [0.25, 0.3) is 0 Å². The Bertz CT molecular complexity index is 245. The fourth-order valence-corrected chi connectivity index (χ4v) is 4.15. The molecule has 1 atom stereocenters. The van der Waals surface area contributed by atoms with Crippen LogP contribution in [0.5, 0.6) is 0 Å². The second kappa shape index (κ2) is 4.87. The van der Waals surface area contributed by atoms with Gasteiger partial charge >= 0.3 is 0 Å². The molecule has 0 bridgehead atoms. The standard InChI is InChI=1S/C14H29N3/c1-13(2,3)12(16-15)14(8-4-5-9-14)17-10-6-7-11-17/h12,16H,4-11,15H2,1-3H3. The van der Waals surface area contributed by atoms with Gasteiger partial charge in [-0.2, -0.15) is 0 Å². The monoisotopic (exact) mass is 239 g/mol. The molecule has 0 amide bonds. The number of likely N-dealkylation sites (tertiary alicyclic amines) is 1. The Morgan fingerprint density at radius 2 is 1.59 bits per heavy atom. The average Bonchev–Trinajstić information content (AvgIpc) is 2.86. The first-order chi connectivity index (χ1) is 8.00. The lowest BCUT2D eigenvalue weighted by Crippen LogP contribution is -2.65. The Hall–Kier alpha value is -0.120. The summed E-state index contributed by atoms with van der Waals surface area (Å²) in [4.78, 5) is 2.73. The Labute approximate surface area is 106 Å². The quantitative estimate of drug-likeness (QED) is 0.586. The van der Waals surface area contributed by atoms with Crippen LogP contribution in [0.2, 0.25) is 0 Å². The van der Waals surface area contributed by atoms with E-state index in [4.69, 9.17) is 5.84 Å². The first kappa shape index (κ1) is 13.3. The minimum atomic E-state index is 0.224. The fraction of sp³-hybridized carbons (Fsp3) is 1.00. The van der Waals surface area contributed by atoms with Crippen LogP contribution in [0.1, 0.15) is 59.3 Å². The number of hydrogen-bond acceptors (Lipinski definition) is 3. The van der Waals surface area contributed by atoms with Crippen LogP contribution in [0.4, 0.5) is 0 Å². The molecule has 1 saturated carbocycles. The SMILES string of the molecule is CC(C)(C)C(NN)C1(N2CCCC2)CCCC1. The van der Waals surface area contributed by atoms with Crippen molar-refractivity contribution < 1.29 is 0 Å². The predicted molar refractivity (Wildman–Crippen MR) is 72.6 cm³/mol. The van der Waals surface area contributed by atoms with Crippen molar-refractivity contribution in [2.45, 2.75) is 70.9 Å². The molecule has 2 fully saturated rings. The Kier molecular flexibility index (Phi) is 3.81. The minimum absolute atomic E-state index is 0.224. The first-order valence-electron chi connectivity index (χ1n) is 7.22. The molecule has 1 unspecified atom stereocenters. The minimum Gasteiger partial charge on any atom is -0.296 e. The number of hydrazine groups is 1. The summed E-state index contributed by atoms with van der Waals surface area (Å²) in [6.07, 6.45) is 8.10. The molecule has 0 aromatic heterocycles. The van der Waals surface area contributed by atoms with Gasteiger partial charge in [0.05, 0.1) is 0 Å². The second-order valence-corrected chi connectivity index (χ2v) is 6.97. The van der Waals surface area contributed by atoms with Crippen molar-refractivity contribution in [1.82, 2.24) is 10.3 Å². The lowest BCUT2D eigenvalue weighted by atomic mass is 9.72. The summed E-state index contributed by atoms with van der Waals surface area (Å²) in [6, 6.07) is 0.399. The summed E-state index contributed by atoms with van der Waals surface area (Å²) < 4.78 is 0. The van der Waals surface area contributed by atoms with Gasteiger partial charge in [0.1, 0.15) is 0 Å². The van der Waals surface area contributed by atoms with Gasteiger partial charge < -0.3 is 0 Å². The van der Waals surface area contributed by atoms with Gasteiger partial charge in [-0.05, 0) is 44.2 Å². The summed E-state index contributed by atoms with van der Waals surface area (Å²) in [5.74, 6) is 5.91. The van der Waals surface area contributed by atoms with Gasteiger partial charge in [-0.25, -0.2) is 0 Å². The summed E-state index contributed by atoms with van der Waals surface area (Å²) >= 11 is 0. The molecule has 0 radical (unpaired) electrons. The largest absolute Gasteiger partial charge is 0.296 e. The summed E-state index contributed by atoms with van der Waals surface area (Å²) in [6.45, 7) is 9.48. The van der Waals surface area contributed by atoms with Crippen molar-refractivity contribution in [2.75, 3.05) is 13.1 Å². The molecule has 100 valence electrons. The smallest absolute Gasteiger partial charge is 0.0443 e. The molecule has 0 aromatic carbocycles. The first-order valence-corrected chi connectivity index (χ1v) is 7.22. The number of rotatable bonds is 3. The van der Waals surface area contributed by atoms with Gasteiger partial charge in [0, 0.05) is 11.6 Å². The van der Waals surface area contributed by atoms with Crippen molar-refractivity contribution in [3.8, 4) is 0 Å². The fourth-order valence-electron chi connectivity index (χ4n) is 4.15. The van der Waals surface area contributed by atoms with E-state index < -0.39 is 0 Å². The van der Waals surface area contributed by atoms with Crippen LogP contribution in [0, 0.1) is 5.41 Å². The van der Waals surface area contributed by atoms with Gasteiger partial charge in [0.2, 0.25) is 0 Å². The summed E-state index contributed by atoms with van der Waals surface area (Å²) in [5, 5.41) is 0. The zero-order chi connectivity index (χ0) is 12.5. The molecule has 1 aliphatic carbocycles. The van der Waals surface area contributed by atoms with E-state index in [9.17, 15) is 0 Å². The van der Waals surface area contributed by atoms with E-state index in [2.05, 4.69) is 31.1 Å². The normalized spacial score (nSPS) is 27.5. The van der Waals surface area contributed by atoms with Crippen molar-refractivity contribution in [3.63, 3.8) is 0 Å². The molecule has 0 spiro atoms. The third kappa shape index (κ3) is 2.38. The highest BCUT2D eigenvalue weighted by Crippen LogP contribution is 2.44. The Morgan fingerprint density at radius 1 is 1.06 bits per heavy atom. The zero-order valence-electron chi connectivity index (χ0n) is 11.8.